The van der Waals surface area contributed by atoms with Crippen LogP contribution in [0.25, 0.3) is 0 Å². The first-order valence-corrected chi connectivity index (χ1v) is 7.15. The van der Waals surface area contributed by atoms with E-state index in [1.807, 2.05) is 6.92 Å². The van der Waals surface area contributed by atoms with Crippen molar-refractivity contribution in [1.82, 2.24) is 10.6 Å². The average Bonchev–Trinajstić information content (AvgIpc) is 2.43. The third-order valence-electron chi connectivity index (χ3n) is 2.96. The van der Waals surface area contributed by atoms with Crippen molar-refractivity contribution >= 4 is 11.8 Å². The fourth-order valence-electron chi connectivity index (χ4n) is 1.75. The van der Waals surface area contributed by atoms with Crippen molar-refractivity contribution in [2.75, 3.05) is 13.1 Å². The van der Waals surface area contributed by atoms with Crippen molar-refractivity contribution in [2.24, 2.45) is 5.73 Å². The van der Waals surface area contributed by atoms with E-state index >= 15 is 0 Å². The summed E-state index contributed by atoms with van der Waals surface area (Å²) in [7, 11) is 0. The van der Waals surface area contributed by atoms with Crippen LogP contribution in [0.5, 0.6) is 0 Å². The highest BCUT2D eigenvalue weighted by Gasteiger charge is 2.12. The third-order valence-corrected chi connectivity index (χ3v) is 2.96. The molecule has 0 saturated heterocycles. The first kappa shape index (κ1) is 18.0. The second-order valence-corrected chi connectivity index (χ2v) is 5.10. The van der Waals surface area contributed by atoms with Crippen LogP contribution in [0.4, 0.5) is 8.78 Å². The summed E-state index contributed by atoms with van der Waals surface area (Å²) in [6.45, 7) is 2.61. The number of hydrogen-bond acceptors (Lipinski definition) is 3. The lowest BCUT2D eigenvalue weighted by Crippen LogP contribution is -2.30. The normalized spacial score (nSPS) is 11.8. The Bertz CT molecular complexity index is 522. The highest BCUT2D eigenvalue weighted by molar-refractivity contribution is 5.94. The maximum Gasteiger partial charge on any atom is 0.254 e. The summed E-state index contributed by atoms with van der Waals surface area (Å²) < 4.78 is 26.1. The Hall–Kier alpha value is -2.02. The van der Waals surface area contributed by atoms with E-state index in [0.29, 0.717) is 25.5 Å². The molecule has 1 unspecified atom stereocenters. The number of nitrogens with one attached hydrogen (secondary N) is 2. The summed E-state index contributed by atoms with van der Waals surface area (Å²) >= 11 is 0. The van der Waals surface area contributed by atoms with Crippen LogP contribution in [0.15, 0.2) is 18.2 Å². The highest BCUT2D eigenvalue weighted by Crippen LogP contribution is 2.09. The van der Waals surface area contributed by atoms with E-state index in [1.54, 1.807) is 0 Å². The molecule has 7 heteroatoms. The van der Waals surface area contributed by atoms with Crippen LogP contribution < -0.4 is 16.4 Å². The molecule has 5 nitrogen and oxygen atoms in total. The lowest BCUT2D eigenvalue weighted by Gasteiger charge is -2.08. The molecule has 0 aliphatic carbocycles. The van der Waals surface area contributed by atoms with Gasteiger partial charge in [0.15, 0.2) is 0 Å². The molecule has 0 aliphatic heterocycles. The Morgan fingerprint density at radius 2 is 1.95 bits per heavy atom. The number of nitrogens with two attached hydrogens (primary N) is 1. The fourth-order valence-corrected chi connectivity index (χ4v) is 1.75. The second kappa shape index (κ2) is 9.09. The zero-order chi connectivity index (χ0) is 16.5. The van der Waals surface area contributed by atoms with Gasteiger partial charge in [-0.1, -0.05) is 0 Å². The number of hydrogen-bond donors (Lipinski definition) is 3. The summed E-state index contributed by atoms with van der Waals surface area (Å²) in [5, 5.41) is 5.20. The van der Waals surface area contributed by atoms with Gasteiger partial charge in [-0.05, 0) is 31.9 Å². The van der Waals surface area contributed by atoms with Crippen LogP contribution in [0.1, 0.15) is 36.5 Å². The molecule has 1 aromatic rings. The SMILES string of the molecule is CC(N)CCNC(=O)CCCNC(=O)c1ccc(F)cc1F. The minimum atomic E-state index is -0.911. The minimum Gasteiger partial charge on any atom is -0.356 e. The molecule has 0 fully saturated rings. The number of carbonyl (C=O) groups excluding carboxylic acids is 2. The summed E-state index contributed by atoms with van der Waals surface area (Å²) in [6.07, 6.45) is 1.38. The van der Waals surface area contributed by atoms with E-state index in [0.717, 1.165) is 12.1 Å². The zero-order valence-corrected chi connectivity index (χ0v) is 12.5. The van der Waals surface area contributed by atoms with Gasteiger partial charge in [-0.2, -0.15) is 0 Å². The largest absolute Gasteiger partial charge is 0.356 e. The average molecular weight is 313 g/mol. The Balaban J connectivity index is 2.24. The summed E-state index contributed by atoms with van der Waals surface area (Å²) in [4.78, 5) is 23.1. The minimum absolute atomic E-state index is 0.0326. The number of amides is 2. The quantitative estimate of drug-likeness (QED) is 0.633. The second-order valence-electron chi connectivity index (χ2n) is 5.10. The molecule has 0 bridgehead atoms. The monoisotopic (exact) mass is 313 g/mol. The van der Waals surface area contributed by atoms with Crippen molar-refractivity contribution in [1.29, 1.82) is 0 Å². The van der Waals surface area contributed by atoms with Crippen LogP contribution in [0, 0.1) is 11.6 Å². The number of benzene rings is 1. The van der Waals surface area contributed by atoms with Crippen LogP contribution in [0.2, 0.25) is 0 Å². The molecule has 0 spiro atoms. The molecule has 122 valence electrons. The van der Waals surface area contributed by atoms with Gasteiger partial charge in [-0.3, -0.25) is 9.59 Å². The van der Waals surface area contributed by atoms with Gasteiger partial charge in [0, 0.05) is 31.6 Å². The molecule has 0 saturated carbocycles. The fraction of sp³-hybridized carbons (Fsp3) is 0.467. The maximum absolute atomic E-state index is 13.4. The molecule has 22 heavy (non-hydrogen) atoms. The summed E-state index contributed by atoms with van der Waals surface area (Å²) in [5.74, 6) is -2.40. The van der Waals surface area contributed by atoms with Gasteiger partial charge < -0.3 is 16.4 Å². The molecule has 1 aromatic carbocycles. The van der Waals surface area contributed by atoms with Gasteiger partial charge in [-0.15, -0.1) is 0 Å². The topological polar surface area (TPSA) is 84.2 Å². The van der Waals surface area contributed by atoms with Gasteiger partial charge in [0.2, 0.25) is 5.91 Å². The van der Waals surface area contributed by atoms with E-state index in [4.69, 9.17) is 5.73 Å². The number of halogens is 2. The van der Waals surface area contributed by atoms with Crippen molar-refractivity contribution in [2.45, 2.75) is 32.2 Å². The molecule has 4 N–H and O–H groups in total. The van der Waals surface area contributed by atoms with Crippen molar-refractivity contribution < 1.29 is 18.4 Å². The summed E-state index contributed by atoms with van der Waals surface area (Å²) in [5.41, 5.74) is 5.34. The Labute approximate surface area is 128 Å². The van der Waals surface area contributed by atoms with Gasteiger partial charge in [-0.25, -0.2) is 8.78 Å². The van der Waals surface area contributed by atoms with E-state index in [2.05, 4.69) is 10.6 Å². The molecule has 0 aliphatic rings. The van der Waals surface area contributed by atoms with Crippen LogP contribution in [-0.2, 0) is 4.79 Å². The summed E-state index contributed by atoms with van der Waals surface area (Å²) in [6, 6.07) is 2.79. The number of carbonyl (C=O) groups is 2. The molecule has 0 radical (unpaired) electrons. The molecule has 0 aromatic heterocycles. The lowest BCUT2D eigenvalue weighted by atomic mass is 10.2. The Morgan fingerprint density at radius 1 is 1.23 bits per heavy atom. The standard InChI is InChI=1S/C15H21F2N3O2/c1-10(18)6-8-19-14(21)3-2-7-20-15(22)12-5-4-11(16)9-13(12)17/h4-5,9-10H,2-3,6-8,18H2,1H3,(H,19,21)(H,20,22). The van der Waals surface area contributed by atoms with E-state index in [-0.39, 0.29) is 30.5 Å². The van der Waals surface area contributed by atoms with Crippen LogP contribution >= 0.6 is 0 Å². The van der Waals surface area contributed by atoms with Crippen LogP contribution in [0.3, 0.4) is 0 Å². The predicted molar refractivity (Wildman–Crippen MR) is 79.2 cm³/mol. The van der Waals surface area contributed by atoms with E-state index in [1.165, 1.54) is 0 Å². The Morgan fingerprint density at radius 3 is 2.59 bits per heavy atom. The smallest absolute Gasteiger partial charge is 0.254 e. The van der Waals surface area contributed by atoms with Crippen molar-refractivity contribution in [3.05, 3.63) is 35.4 Å². The first-order chi connectivity index (χ1) is 10.4. The molecule has 0 heterocycles. The third kappa shape index (κ3) is 6.62. The van der Waals surface area contributed by atoms with Crippen molar-refractivity contribution in [3.8, 4) is 0 Å². The van der Waals surface area contributed by atoms with Gasteiger partial charge in [0.1, 0.15) is 11.6 Å². The zero-order valence-electron chi connectivity index (χ0n) is 12.5. The lowest BCUT2D eigenvalue weighted by molar-refractivity contribution is -0.121. The van der Waals surface area contributed by atoms with Crippen molar-refractivity contribution in [3.63, 3.8) is 0 Å². The van der Waals surface area contributed by atoms with E-state index < -0.39 is 17.5 Å². The number of rotatable bonds is 8. The van der Waals surface area contributed by atoms with Crippen LogP contribution in [-0.4, -0.2) is 30.9 Å². The first-order valence-electron chi connectivity index (χ1n) is 7.15. The molecule has 2 amide bonds. The maximum atomic E-state index is 13.4. The Kier molecular flexibility index (Phi) is 7.45. The van der Waals surface area contributed by atoms with Gasteiger partial charge in [0.05, 0.1) is 5.56 Å². The van der Waals surface area contributed by atoms with Gasteiger partial charge >= 0.3 is 0 Å². The molecular weight excluding hydrogens is 292 g/mol. The van der Waals surface area contributed by atoms with E-state index in [9.17, 15) is 18.4 Å². The highest BCUT2D eigenvalue weighted by atomic mass is 19.1. The molecule has 1 rings (SSSR count). The van der Waals surface area contributed by atoms with Gasteiger partial charge in [0.25, 0.3) is 5.91 Å². The molecule has 1 atom stereocenters. The molecular formula is C15H21F2N3O2. The predicted octanol–water partition coefficient (Wildman–Crippen LogP) is 1.33.